The number of ether oxygens (including phenoxy) is 1. The lowest BCUT2D eigenvalue weighted by Gasteiger charge is -2.33. The third-order valence-electron chi connectivity index (χ3n) is 3.08. The van der Waals surface area contributed by atoms with E-state index < -0.39 is 0 Å². The Labute approximate surface area is 97.9 Å². The van der Waals surface area contributed by atoms with Crippen molar-refractivity contribution >= 4 is 5.97 Å². The summed E-state index contributed by atoms with van der Waals surface area (Å²) in [7, 11) is 0. The van der Waals surface area contributed by atoms with Gasteiger partial charge in [-0.15, -0.1) is 6.42 Å². The standard InChI is InChI=1S/C13H21NO2/c1-4-9-14-10-12(15)16-11-5-7-13(2,3)8-6-11/h1,11,14H,5-10H2,2-3H3. The van der Waals surface area contributed by atoms with E-state index in [9.17, 15) is 4.79 Å². The van der Waals surface area contributed by atoms with Gasteiger partial charge in [0.1, 0.15) is 6.10 Å². The van der Waals surface area contributed by atoms with E-state index in [2.05, 4.69) is 25.1 Å². The number of terminal acetylenes is 1. The fourth-order valence-electron chi connectivity index (χ4n) is 1.95. The van der Waals surface area contributed by atoms with E-state index in [0.29, 0.717) is 12.0 Å². The van der Waals surface area contributed by atoms with Gasteiger partial charge in [0.2, 0.25) is 0 Å². The van der Waals surface area contributed by atoms with Crippen molar-refractivity contribution in [3.05, 3.63) is 0 Å². The van der Waals surface area contributed by atoms with E-state index in [1.54, 1.807) is 0 Å². The summed E-state index contributed by atoms with van der Waals surface area (Å²) in [6.07, 6.45) is 9.38. The van der Waals surface area contributed by atoms with Gasteiger partial charge in [-0.2, -0.15) is 0 Å². The first-order valence-corrected chi connectivity index (χ1v) is 5.87. The smallest absolute Gasteiger partial charge is 0.320 e. The highest BCUT2D eigenvalue weighted by atomic mass is 16.5. The van der Waals surface area contributed by atoms with Crippen molar-refractivity contribution in [1.29, 1.82) is 0 Å². The average Bonchev–Trinajstić information content (AvgIpc) is 2.22. The molecule has 0 atom stereocenters. The van der Waals surface area contributed by atoms with Gasteiger partial charge in [-0.3, -0.25) is 10.1 Å². The molecule has 0 amide bonds. The summed E-state index contributed by atoms with van der Waals surface area (Å²) in [6, 6.07) is 0. The number of carbonyl (C=O) groups excluding carboxylic acids is 1. The van der Waals surface area contributed by atoms with Crippen LogP contribution in [0.1, 0.15) is 39.5 Å². The first-order valence-electron chi connectivity index (χ1n) is 5.87. The molecule has 16 heavy (non-hydrogen) atoms. The average molecular weight is 223 g/mol. The molecule has 0 spiro atoms. The van der Waals surface area contributed by atoms with Gasteiger partial charge in [-0.05, 0) is 31.1 Å². The summed E-state index contributed by atoms with van der Waals surface area (Å²) < 4.78 is 5.36. The van der Waals surface area contributed by atoms with Crippen LogP contribution in [-0.4, -0.2) is 25.2 Å². The molecule has 0 unspecified atom stereocenters. The minimum Gasteiger partial charge on any atom is -0.461 e. The number of nitrogens with one attached hydrogen (secondary N) is 1. The molecule has 0 radical (unpaired) electrons. The third-order valence-corrected chi connectivity index (χ3v) is 3.08. The van der Waals surface area contributed by atoms with Gasteiger partial charge in [-0.1, -0.05) is 19.8 Å². The Bertz CT molecular complexity index is 268. The van der Waals surface area contributed by atoms with Crippen LogP contribution in [0, 0.1) is 17.8 Å². The largest absolute Gasteiger partial charge is 0.461 e. The monoisotopic (exact) mass is 223 g/mol. The van der Waals surface area contributed by atoms with Crippen LogP contribution >= 0.6 is 0 Å². The Balaban J connectivity index is 2.19. The zero-order valence-corrected chi connectivity index (χ0v) is 10.2. The number of hydrogen-bond acceptors (Lipinski definition) is 3. The van der Waals surface area contributed by atoms with Gasteiger partial charge in [0, 0.05) is 0 Å². The highest BCUT2D eigenvalue weighted by molar-refractivity contribution is 5.71. The lowest BCUT2D eigenvalue weighted by Crippen LogP contribution is -2.32. The van der Waals surface area contributed by atoms with E-state index >= 15 is 0 Å². The van der Waals surface area contributed by atoms with Crippen molar-refractivity contribution in [1.82, 2.24) is 5.32 Å². The molecule has 1 aliphatic carbocycles. The Morgan fingerprint density at radius 3 is 2.69 bits per heavy atom. The fourth-order valence-corrected chi connectivity index (χ4v) is 1.95. The van der Waals surface area contributed by atoms with Crippen molar-refractivity contribution in [2.75, 3.05) is 13.1 Å². The SMILES string of the molecule is C#CCNCC(=O)OC1CCC(C)(C)CC1. The molecule has 3 heteroatoms. The first kappa shape index (κ1) is 13.1. The molecule has 1 saturated carbocycles. The molecular formula is C13H21NO2. The number of carbonyl (C=O) groups is 1. The quantitative estimate of drug-likeness (QED) is 0.448. The van der Waals surface area contributed by atoms with Crippen molar-refractivity contribution in [2.24, 2.45) is 5.41 Å². The summed E-state index contributed by atoms with van der Waals surface area (Å²) in [5.74, 6) is 2.22. The first-order chi connectivity index (χ1) is 7.53. The second-order valence-corrected chi connectivity index (χ2v) is 5.16. The lowest BCUT2D eigenvalue weighted by atomic mass is 9.76. The second-order valence-electron chi connectivity index (χ2n) is 5.16. The van der Waals surface area contributed by atoms with Gasteiger partial charge in [-0.25, -0.2) is 0 Å². The Kier molecular flexibility index (Phi) is 4.82. The van der Waals surface area contributed by atoms with Gasteiger partial charge < -0.3 is 4.74 Å². The van der Waals surface area contributed by atoms with Crippen molar-refractivity contribution in [2.45, 2.75) is 45.6 Å². The van der Waals surface area contributed by atoms with Crippen molar-refractivity contribution in [3.63, 3.8) is 0 Å². The molecule has 0 saturated heterocycles. The lowest BCUT2D eigenvalue weighted by molar-refractivity contribution is -0.150. The Morgan fingerprint density at radius 2 is 2.12 bits per heavy atom. The molecule has 0 heterocycles. The van der Waals surface area contributed by atoms with Gasteiger partial charge in [0.05, 0.1) is 13.1 Å². The summed E-state index contributed by atoms with van der Waals surface area (Å²) >= 11 is 0. The van der Waals surface area contributed by atoms with Crippen LogP contribution in [0.3, 0.4) is 0 Å². The second kappa shape index (κ2) is 5.91. The highest BCUT2D eigenvalue weighted by Crippen LogP contribution is 2.36. The third kappa shape index (κ3) is 4.67. The van der Waals surface area contributed by atoms with Gasteiger partial charge >= 0.3 is 5.97 Å². The molecule has 0 aromatic carbocycles. The normalized spacial score (nSPS) is 20.1. The maximum Gasteiger partial charge on any atom is 0.320 e. The van der Waals surface area contributed by atoms with Gasteiger partial charge in [0.15, 0.2) is 0 Å². The molecule has 0 bridgehead atoms. The summed E-state index contributed by atoms with van der Waals surface area (Å²) in [4.78, 5) is 11.4. The highest BCUT2D eigenvalue weighted by Gasteiger charge is 2.28. The molecule has 1 N–H and O–H groups in total. The van der Waals surface area contributed by atoms with E-state index in [-0.39, 0.29) is 18.6 Å². The number of rotatable bonds is 4. The minimum absolute atomic E-state index is 0.105. The topological polar surface area (TPSA) is 38.3 Å². The summed E-state index contributed by atoms with van der Waals surface area (Å²) in [6.45, 7) is 5.15. The zero-order valence-electron chi connectivity index (χ0n) is 10.2. The van der Waals surface area contributed by atoms with Crippen LogP contribution in [0.25, 0.3) is 0 Å². The molecule has 1 fully saturated rings. The number of hydrogen-bond donors (Lipinski definition) is 1. The molecule has 0 aliphatic heterocycles. The summed E-state index contributed by atoms with van der Waals surface area (Å²) in [5, 5.41) is 2.83. The Hall–Kier alpha value is -1.01. The van der Waals surface area contributed by atoms with E-state index in [0.717, 1.165) is 25.7 Å². The summed E-state index contributed by atoms with van der Waals surface area (Å²) in [5.41, 5.74) is 0.407. The predicted molar refractivity (Wildman–Crippen MR) is 63.8 cm³/mol. The van der Waals surface area contributed by atoms with Crippen LogP contribution in [0.5, 0.6) is 0 Å². The molecule has 0 aromatic rings. The molecule has 1 rings (SSSR count). The molecule has 1 aliphatic rings. The molecule has 0 aromatic heterocycles. The molecule has 90 valence electrons. The van der Waals surface area contributed by atoms with Crippen LogP contribution < -0.4 is 5.32 Å². The van der Waals surface area contributed by atoms with E-state index in [1.807, 2.05) is 0 Å². The van der Waals surface area contributed by atoms with Gasteiger partial charge in [0.25, 0.3) is 0 Å². The van der Waals surface area contributed by atoms with Crippen molar-refractivity contribution < 1.29 is 9.53 Å². The Morgan fingerprint density at radius 1 is 1.50 bits per heavy atom. The van der Waals surface area contributed by atoms with E-state index in [1.165, 1.54) is 0 Å². The maximum absolute atomic E-state index is 11.4. The van der Waals surface area contributed by atoms with Crippen LogP contribution in [-0.2, 0) is 9.53 Å². The fraction of sp³-hybridized carbons (Fsp3) is 0.769. The van der Waals surface area contributed by atoms with Crippen LogP contribution in [0.15, 0.2) is 0 Å². The molecular weight excluding hydrogens is 202 g/mol. The van der Waals surface area contributed by atoms with Crippen LogP contribution in [0.4, 0.5) is 0 Å². The predicted octanol–water partition coefficient (Wildman–Crippen LogP) is 1.72. The van der Waals surface area contributed by atoms with Crippen molar-refractivity contribution in [3.8, 4) is 12.3 Å². The van der Waals surface area contributed by atoms with E-state index in [4.69, 9.17) is 11.2 Å². The minimum atomic E-state index is -0.194. The zero-order chi connectivity index (χ0) is 12.0. The maximum atomic E-state index is 11.4. The number of esters is 1. The molecule has 3 nitrogen and oxygen atoms in total. The van der Waals surface area contributed by atoms with Crippen LogP contribution in [0.2, 0.25) is 0 Å².